The van der Waals surface area contributed by atoms with Gasteiger partial charge in [-0.2, -0.15) is 13.2 Å². The van der Waals surface area contributed by atoms with Gasteiger partial charge in [0.05, 0.1) is 23.2 Å². The topological polar surface area (TPSA) is 72.7 Å². The number of halogens is 4. The first-order chi connectivity index (χ1) is 14.7. The van der Waals surface area contributed by atoms with Gasteiger partial charge in [-0.25, -0.2) is 14.4 Å². The van der Waals surface area contributed by atoms with Gasteiger partial charge in [0.1, 0.15) is 5.82 Å². The molecule has 3 heterocycles. The number of hydrogen-bond donors (Lipinski definition) is 1. The first-order valence-electron chi connectivity index (χ1n) is 9.13. The molecule has 31 heavy (non-hydrogen) atoms. The first kappa shape index (κ1) is 20.5. The smallest absolute Gasteiger partial charge is 0.267 e. The fourth-order valence-electron chi connectivity index (χ4n) is 3.22. The zero-order valence-corrected chi connectivity index (χ0v) is 16.1. The predicted octanol–water partition coefficient (Wildman–Crippen LogP) is 4.43. The van der Waals surface area contributed by atoms with Crippen molar-refractivity contribution in [3.8, 4) is 11.4 Å². The van der Waals surface area contributed by atoms with Gasteiger partial charge < -0.3 is 0 Å². The molecule has 0 aliphatic heterocycles. The molecule has 0 fully saturated rings. The minimum atomic E-state index is -4.41. The average Bonchev–Trinajstić information content (AvgIpc) is 3.03. The van der Waals surface area contributed by atoms with Crippen molar-refractivity contribution in [2.75, 3.05) is 5.43 Å². The maximum absolute atomic E-state index is 13.4. The van der Waals surface area contributed by atoms with Crippen LogP contribution < -0.4 is 5.43 Å². The van der Waals surface area contributed by atoms with Crippen molar-refractivity contribution >= 4 is 16.8 Å². The van der Waals surface area contributed by atoms with Crippen LogP contribution >= 0.6 is 0 Å². The molecule has 0 aliphatic carbocycles. The van der Waals surface area contributed by atoms with Crippen LogP contribution in [0.1, 0.15) is 21.6 Å². The minimum absolute atomic E-state index is 0.00896. The number of rotatable bonds is 4. The Bertz CT molecular complexity index is 1280. The largest absolute Gasteiger partial charge is 0.393 e. The van der Waals surface area contributed by atoms with Gasteiger partial charge in [0.15, 0.2) is 5.82 Å². The highest BCUT2D eigenvalue weighted by Crippen LogP contribution is 2.27. The van der Waals surface area contributed by atoms with Gasteiger partial charge in [-0.05, 0) is 30.7 Å². The zero-order valence-electron chi connectivity index (χ0n) is 16.1. The third kappa shape index (κ3) is 4.37. The maximum Gasteiger partial charge on any atom is 0.393 e. The molecule has 4 rings (SSSR count). The van der Waals surface area contributed by atoms with E-state index < -0.39 is 24.3 Å². The van der Waals surface area contributed by atoms with E-state index in [1.165, 1.54) is 53.7 Å². The summed E-state index contributed by atoms with van der Waals surface area (Å²) in [5.41, 5.74) is 3.84. The number of fused-ring (bicyclic) bond motifs is 1. The van der Waals surface area contributed by atoms with Crippen LogP contribution in [0.3, 0.4) is 0 Å². The van der Waals surface area contributed by atoms with Crippen LogP contribution in [0.2, 0.25) is 0 Å². The second-order valence-electron chi connectivity index (χ2n) is 6.85. The molecule has 0 unspecified atom stereocenters. The summed E-state index contributed by atoms with van der Waals surface area (Å²) in [6.45, 7) is 1.59. The second kappa shape index (κ2) is 7.78. The number of amides is 1. The van der Waals surface area contributed by atoms with Crippen LogP contribution in [0.4, 0.5) is 17.6 Å². The Labute approximate surface area is 173 Å². The normalized spacial score (nSPS) is 11.6. The number of carbonyl (C=O) groups excluding carboxylic acids is 1. The Balaban J connectivity index is 1.64. The van der Waals surface area contributed by atoms with E-state index in [2.05, 4.69) is 20.4 Å². The lowest BCUT2D eigenvalue weighted by Gasteiger charge is -2.10. The summed E-state index contributed by atoms with van der Waals surface area (Å²) in [7, 11) is 0. The van der Waals surface area contributed by atoms with Gasteiger partial charge in [0.25, 0.3) is 5.91 Å². The number of aromatic nitrogens is 4. The molecule has 3 aromatic heterocycles. The number of benzene rings is 1. The van der Waals surface area contributed by atoms with Gasteiger partial charge in [0, 0.05) is 35.7 Å². The standard InChI is InChI=1S/C21H15F4N5O/c1-12-16(10-27-19(28-12)13-3-2-4-15(22)7-13)20(31)29-30-11-14(8-21(23,24)25)17-9-26-6-5-18(17)30/h2-7,9-11H,8H2,1H3,(H,29,31). The summed E-state index contributed by atoms with van der Waals surface area (Å²) in [5, 5.41) is 0.287. The Morgan fingerprint density at radius 1 is 1.19 bits per heavy atom. The highest BCUT2D eigenvalue weighted by molar-refractivity contribution is 6.01. The number of pyridine rings is 1. The summed E-state index contributed by atoms with van der Waals surface area (Å²) < 4.78 is 53.4. The van der Waals surface area contributed by atoms with E-state index in [-0.39, 0.29) is 22.3 Å². The van der Waals surface area contributed by atoms with Crippen molar-refractivity contribution in [3.63, 3.8) is 0 Å². The van der Waals surface area contributed by atoms with E-state index in [1.807, 2.05) is 0 Å². The third-order valence-corrected chi connectivity index (χ3v) is 4.61. The molecule has 1 amide bonds. The SMILES string of the molecule is Cc1nc(-c2cccc(F)c2)ncc1C(=O)Nn1cc(CC(F)(F)F)c2cnccc21. The Kier molecular flexibility index (Phi) is 5.14. The van der Waals surface area contributed by atoms with Crippen molar-refractivity contribution < 1.29 is 22.4 Å². The lowest BCUT2D eigenvalue weighted by Crippen LogP contribution is -2.23. The second-order valence-corrected chi connectivity index (χ2v) is 6.85. The van der Waals surface area contributed by atoms with Crippen LogP contribution in [0.25, 0.3) is 22.3 Å². The van der Waals surface area contributed by atoms with E-state index in [0.29, 0.717) is 16.8 Å². The van der Waals surface area contributed by atoms with Crippen molar-refractivity contribution in [1.29, 1.82) is 0 Å². The molecule has 0 radical (unpaired) electrons. The summed E-state index contributed by atoms with van der Waals surface area (Å²) in [6, 6.07) is 7.24. The molecule has 1 aromatic carbocycles. The van der Waals surface area contributed by atoms with Crippen molar-refractivity contribution in [2.24, 2.45) is 0 Å². The van der Waals surface area contributed by atoms with E-state index >= 15 is 0 Å². The van der Waals surface area contributed by atoms with Crippen LogP contribution in [0.15, 0.2) is 55.1 Å². The molecule has 1 N–H and O–H groups in total. The lowest BCUT2D eigenvalue weighted by atomic mass is 10.1. The van der Waals surface area contributed by atoms with Gasteiger partial charge in [0.2, 0.25) is 0 Å². The van der Waals surface area contributed by atoms with E-state index in [0.717, 1.165) is 0 Å². The zero-order chi connectivity index (χ0) is 22.2. The summed E-state index contributed by atoms with van der Waals surface area (Å²) in [5.74, 6) is -0.793. The molecular formula is C21H15F4N5O. The van der Waals surface area contributed by atoms with E-state index in [4.69, 9.17) is 0 Å². The van der Waals surface area contributed by atoms with Gasteiger partial charge in [-0.3, -0.25) is 19.9 Å². The number of nitrogens with one attached hydrogen (secondary N) is 1. The Hall–Kier alpha value is -3.82. The molecule has 10 heteroatoms. The molecule has 0 saturated carbocycles. The van der Waals surface area contributed by atoms with Gasteiger partial charge >= 0.3 is 6.18 Å². The summed E-state index contributed by atoms with van der Waals surface area (Å²) in [4.78, 5) is 25.0. The lowest BCUT2D eigenvalue weighted by molar-refractivity contribution is -0.127. The van der Waals surface area contributed by atoms with Crippen LogP contribution in [-0.4, -0.2) is 31.7 Å². The fourth-order valence-corrected chi connectivity index (χ4v) is 3.22. The molecule has 0 saturated heterocycles. The monoisotopic (exact) mass is 429 g/mol. The molecule has 0 aliphatic rings. The number of nitrogens with zero attached hydrogens (tertiary/aromatic N) is 4. The van der Waals surface area contributed by atoms with Crippen molar-refractivity contribution in [2.45, 2.75) is 19.5 Å². The van der Waals surface area contributed by atoms with Crippen molar-refractivity contribution in [1.82, 2.24) is 19.6 Å². The van der Waals surface area contributed by atoms with Crippen LogP contribution in [-0.2, 0) is 6.42 Å². The average molecular weight is 429 g/mol. The molecule has 4 aromatic rings. The highest BCUT2D eigenvalue weighted by atomic mass is 19.4. The van der Waals surface area contributed by atoms with E-state index in [1.54, 1.807) is 13.0 Å². The summed E-state index contributed by atoms with van der Waals surface area (Å²) in [6.07, 6.45) is -0.304. The molecule has 6 nitrogen and oxygen atoms in total. The molecule has 0 spiro atoms. The number of aryl methyl sites for hydroxylation is 1. The Morgan fingerprint density at radius 2 is 2.00 bits per heavy atom. The molecule has 0 atom stereocenters. The van der Waals surface area contributed by atoms with Crippen LogP contribution in [0.5, 0.6) is 0 Å². The third-order valence-electron chi connectivity index (χ3n) is 4.61. The van der Waals surface area contributed by atoms with Crippen LogP contribution in [0, 0.1) is 12.7 Å². The highest BCUT2D eigenvalue weighted by Gasteiger charge is 2.30. The van der Waals surface area contributed by atoms with Gasteiger partial charge in [-0.1, -0.05) is 12.1 Å². The van der Waals surface area contributed by atoms with Crippen molar-refractivity contribution in [3.05, 3.63) is 77.8 Å². The Morgan fingerprint density at radius 3 is 2.71 bits per heavy atom. The summed E-state index contributed by atoms with van der Waals surface area (Å²) >= 11 is 0. The number of carbonyl (C=O) groups is 1. The molecule has 0 bridgehead atoms. The predicted molar refractivity (Wildman–Crippen MR) is 105 cm³/mol. The quantitative estimate of drug-likeness (QED) is 0.487. The van der Waals surface area contributed by atoms with E-state index in [9.17, 15) is 22.4 Å². The fraction of sp³-hybridized carbons (Fsp3) is 0.143. The van der Waals surface area contributed by atoms with Gasteiger partial charge in [-0.15, -0.1) is 0 Å². The first-order valence-corrected chi connectivity index (χ1v) is 9.13. The maximum atomic E-state index is 13.4. The minimum Gasteiger partial charge on any atom is -0.267 e. The molecular weight excluding hydrogens is 414 g/mol. The molecule has 158 valence electrons. The number of hydrogen-bond acceptors (Lipinski definition) is 4. The number of alkyl halides is 3.